The summed E-state index contributed by atoms with van der Waals surface area (Å²) in [4.78, 5) is 0. The van der Waals surface area contributed by atoms with E-state index in [-0.39, 0.29) is 0 Å². The van der Waals surface area contributed by atoms with E-state index in [1.54, 1.807) is 6.21 Å². The molecule has 0 bridgehead atoms. The topological polar surface area (TPSA) is 35.4 Å². The van der Waals surface area contributed by atoms with E-state index in [0.29, 0.717) is 0 Å². The molecule has 1 aliphatic heterocycles. The molecule has 0 radical (unpaired) electrons. The van der Waals surface area contributed by atoms with Gasteiger partial charge in [-0.15, -0.1) is 0 Å². The Morgan fingerprint density at radius 2 is 2.57 bits per heavy atom. The summed E-state index contributed by atoms with van der Waals surface area (Å²) in [7, 11) is 0. The van der Waals surface area contributed by atoms with Crippen LogP contribution in [0.5, 0.6) is 0 Å². The third-order valence-electron chi connectivity index (χ3n) is 0.844. The molecule has 0 saturated heterocycles. The molecule has 1 rings (SSSR count). The van der Waals surface area contributed by atoms with E-state index in [9.17, 15) is 4.55 Å². The normalized spacial score (nSPS) is 30.7. The summed E-state index contributed by atoms with van der Waals surface area (Å²) in [5.41, 5.74) is 0. The largest absolute Gasteiger partial charge is 0.591 e. The quantitative estimate of drug-likeness (QED) is 0.426. The van der Waals surface area contributed by atoms with E-state index in [0.717, 1.165) is 18.6 Å². The van der Waals surface area contributed by atoms with Gasteiger partial charge in [0, 0.05) is 0 Å². The summed E-state index contributed by atoms with van der Waals surface area (Å²) in [6, 6.07) is 0. The average molecular weight is 117 g/mol. The third-order valence-corrected chi connectivity index (χ3v) is 1.87. The molecular formula is C4H7NOS. The summed E-state index contributed by atoms with van der Waals surface area (Å²) in [5.74, 6) is 0.760. The monoisotopic (exact) mass is 117 g/mol. The Balaban J connectivity index is 2.36. The predicted molar refractivity (Wildman–Crippen MR) is 30.7 cm³/mol. The van der Waals surface area contributed by atoms with Gasteiger partial charge in [0.25, 0.3) is 0 Å². The van der Waals surface area contributed by atoms with Gasteiger partial charge in [0.1, 0.15) is 5.75 Å². The molecule has 0 aromatic carbocycles. The first-order chi connectivity index (χ1) is 3.39. The number of hydrogen-bond donors (Lipinski definition) is 0. The lowest BCUT2D eigenvalue weighted by Gasteiger charge is -2.04. The highest BCUT2D eigenvalue weighted by Crippen LogP contribution is 2.02. The second-order valence-corrected chi connectivity index (χ2v) is 2.72. The van der Waals surface area contributed by atoms with Crippen LogP contribution >= 0.6 is 0 Å². The number of rotatable bonds is 0. The van der Waals surface area contributed by atoms with E-state index in [1.165, 1.54) is 0 Å². The lowest BCUT2D eigenvalue weighted by molar-refractivity contribution is 0.593. The third kappa shape index (κ3) is 1.49. The van der Waals surface area contributed by atoms with Gasteiger partial charge in [0.05, 0.1) is 17.6 Å². The summed E-state index contributed by atoms with van der Waals surface area (Å²) in [5, 5.41) is 0. The molecule has 1 aliphatic rings. The Bertz CT molecular complexity index is 83.8. The van der Waals surface area contributed by atoms with Crippen LogP contribution in [0, 0.1) is 0 Å². The SMILES string of the molecule is [O-][S+]1CCCC=N1. The van der Waals surface area contributed by atoms with Gasteiger partial charge in [-0.2, -0.15) is 0 Å². The molecule has 3 heteroatoms. The molecule has 7 heavy (non-hydrogen) atoms. The van der Waals surface area contributed by atoms with Crippen molar-refractivity contribution in [1.82, 2.24) is 0 Å². The maximum atomic E-state index is 10.4. The fraction of sp³-hybridized carbons (Fsp3) is 0.750. The molecule has 0 aliphatic carbocycles. The Labute approximate surface area is 46.0 Å². The highest BCUT2D eigenvalue weighted by Gasteiger charge is 2.05. The molecule has 0 aromatic heterocycles. The van der Waals surface area contributed by atoms with E-state index < -0.39 is 11.4 Å². The first-order valence-corrected chi connectivity index (χ1v) is 3.58. The maximum absolute atomic E-state index is 10.4. The minimum absolute atomic E-state index is 0.760. The first kappa shape index (κ1) is 5.12. The van der Waals surface area contributed by atoms with Crippen LogP contribution in [0.25, 0.3) is 0 Å². The van der Waals surface area contributed by atoms with Gasteiger partial charge in [-0.25, -0.2) is 0 Å². The van der Waals surface area contributed by atoms with Crippen LogP contribution in [0.1, 0.15) is 12.8 Å². The van der Waals surface area contributed by atoms with Crippen molar-refractivity contribution in [3.63, 3.8) is 0 Å². The predicted octanol–water partition coefficient (Wildman–Crippen LogP) is 0.515. The molecule has 0 N–H and O–H groups in total. The van der Waals surface area contributed by atoms with Gasteiger partial charge in [-0.3, -0.25) is 0 Å². The van der Waals surface area contributed by atoms with Crippen LogP contribution in [-0.2, 0) is 11.4 Å². The second kappa shape index (κ2) is 2.33. The van der Waals surface area contributed by atoms with Gasteiger partial charge in [-0.05, 0) is 12.8 Å². The summed E-state index contributed by atoms with van der Waals surface area (Å²) < 4.78 is 14.1. The molecular weight excluding hydrogens is 110 g/mol. The summed E-state index contributed by atoms with van der Waals surface area (Å²) in [6.45, 7) is 0. The molecule has 1 heterocycles. The van der Waals surface area contributed by atoms with Gasteiger partial charge in [-0.1, -0.05) is 4.40 Å². The van der Waals surface area contributed by atoms with Crippen molar-refractivity contribution in [1.29, 1.82) is 0 Å². The standard InChI is InChI=1S/C4H7NOS/c6-7-4-2-1-3-5-7/h3H,1-2,4H2. The zero-order valence-electron chi connectivity index (χ0n) is 3.96. The first-order valence-electron chi connectivity index (χ1n) is 2.30. The van der Waals surface area contributed by atoms with Crippen LogP contribution in [0.3, 0.4) is 0 Å². The molecule has 0 amide bonds. The van der Waals surface area contributed by atoms with Crippen molar-refractivity contribution >= 4 is 17.6 Å². The van der Waals surface area contributed by atoms with Crippen molar-refractivity contribution in [3.8, 4) is 0 Å². The van der Waals surface area contributed by atoms with Gasteiger partial charge in [0.2, 0.25) is 0 Å². The minimum atomic E-state index is -0.871. The van der Waals surface area contributed by atoms with Crippen molar-refractivity contribution < 1.29 is 4.55 Å². The van der Waals surface area contributed by atoms with Gasteiger partial charge >= 0.3 is 0 Å². The van der Waals surface area contributed by atoms with Crippen molar-refractivity contribution in [2.75, 3.05) is 5.75 Å². The van der Waals surface area contributed by atoms with Crippen LogP contribution in [0.15, 0.2) is 4.40 Å². The molecule has 0 fully saturated rings. The molecule has 2 nitrogen and oxygen atoms in total. The molecule has 1 atom stereocenters. The number of hydrogen-bond acceptors (Lipinski definition) is 2. The maximum Gasteiger partial charge on any atom is 0.134 e. The Kier molecular flexibility index (Phi) is 1.70. The van der Waals surface area contributed by atoms with Crippen LogP contribution in [0.4, 0.5) is 0 Å². The van der Waals surface area contributed by atoms with E-state index in [4.69, 9.17) is 0 Å². The molecule has 40 valence electrons. The average Bonchev–Trinajstić information content (AvgIpc) is 1.69. The molecule has 0 saturated carbocycles. The smallest absolute Gasteiger partial charge is 0.134 e. The molecule has 0 aromatic rings. The highest BCUT2D eigenvalue weighted by molar-refractivity contribution is 7.90. The fourth-order valence-corrected chi connectivity index (χ4v) is 1.28. The van der Waals surface area contributed by atoms with Crippen LogP contribution < -0.4 is 0 Å². The zero-order valence-corrected chi connectivity index (χ0v) is 4.78. The van der Waals surface area contributed by atoms with E-state index >= 15 is 0 Å². The van der Waals surface area contributed by atoms with Gasteiger partial charge in [0.15, 0.2) is 0 Å². The van der Waals surface area contributed by atoms with Crippen LogP contribution in [0.2, 0.25) is 0 Å². The number of nitrogens with zero attached hydrogens (tertiary/aromatic N) is 1. The fourth-order valence-electron chi connectivity index (χ4n) is 0.487. The summed E-state index contributed by atoms with van der Waals surface area (Å²) in [6.07, 6.45) is 3.78. The molecule has 1 unspecified atom stereocenters. The molecule has 0 spiro atoms. The lowest BCUT2D eigenvalue weighted by Crippen LogP contribution is -2.07. The van der Waals surface area contributed by atoms with Gasteiger partial charge < -0.3 is 4.55 Å². The van der Waals surface area contributed by atoms with E-state index in [2.05, 4.69) is 4.40 Å². The van der Waals surface area contributed by atoms with Crippen LogP contribution in [-0.4, -0.2) is 16.5 Å². The Hall–Kier alpha value is -0.0200. The highest BCUT2D eigenvalue weighted by atomic mass is 32.2. The van der Waals surface area contributed by atoms with E-state index in [1.807, 2.05) is 0 Å². The van der Waals surface area contributed by atoms with Crippen molar-refractivity contribution in [3.05, 3.63) is 0 Å². The minimum Gasteiger partial charge on any atom is -0.591 e. The second-order valence-electron chi connectivity index (χ2n) is 1.46. The lowest BCUT2D eigenvalue weighted by atomic mass is 10.4. The van der Waals surface area contributed by atoms with Crippen molar-refractivity contribution in [2.45, 2.75) is 12.8 Å². The zero-order chi connectivity index (χ0) is 5.11. The Morgan fingerprint density at radius 3 is 2.86 bits per heavy atom. The Morgan fingerprint density at radius 1 is 1.71 bits per heavy atom. The van der Waals surface area contributed by atoms with Crippen molar-refractivity contribution in [2.24, 2.45) is 4.40 Å². The summed E-state index contributed by atoms with van der Waals surface area (Å²) >= 11 is -0.871.